The van der Waals surface area contributed by atoms with E-state index in [-0.39, 0.29) is 5.91 Å². The van der Waals surface area contributed by atoms with Crippen molar-refractivity contribution in [3.63, 3.8) is 0 Å². The minimum atomic E-state index is -0.276. The van der Waals surface area contributed by atoms with Crippen molar-refractivity contribution in [1.29, 1.82) is 0 Å². The van der Waals surface area contributed by atoms with Crippen molar-refractivity contribution in [3.05, 3.63) is 89.3 Å². The number of aromatic nitrogens is 3. The lowest BCUT2D eigenvalue weighted by Crippen LogP contribution is -2.14. The Kier molecular flexibility index (Phi) is 4.91. The van der Waals surface area contributed by atoms with E-state index in [0.717, 1.165) is 17.0 Å². The Hall–Kier alpha value is -3.44. The number of anilines is 1. The Morgan fingerprint density at radius 1 is 1.04 bits per heavy atom. The number of aromatic amines is 1. The number of rotatable bonds is 4. The minimum Gasteiger partial charge on any atom is -0.338 e. The van der Waals surface area contributed by atoms with Crippen LogP contribution in [0.1, 0.15) is 16.2 Å². The molecular formula is C22H17ClN4O. The van der Waals surface area contributed by atoms with Gasteiger partial charge in [-0.15, -0.1) is 0 Å². The second-order valence-electron chi connectivity index (χ2n) is 6.32. The largest absolute Gasteiger partial charge is 0.338 e. The van der Waals surface area contributed by atoms with Crippen molar-refractivity contribution in [1.82, 2.24) is 15.0 Å². The molecule has 2 heterocycles. The van der Waals surface area contributed by atoms with E-state index in [0.29, 0.717) is 27.8 Å². The van der Waals surface area contributed by atoms with Gasteiger partial charge in [0.2, 0.25) is 0 Å². The second-order valence-corrected chi connectivity index (χ2v) is 6.73. The van der Waals surface area contributed by atoms with Gasteiger partial charge in [0.25, 0.3) is 5.91 Å². The van der Waals surface area contributed by atoms with E-state index in [1.54, 1.807) is 36.5 Å². The third-order valence-corrected chi connectivity index (χ3v) is 4.59. The Morgan fingerprint density at radius 3 is 2.64 bits per heavy atom. The summed E-state index contributed by atoms with van der Waals surface area (Å²) in [7, 11) is 0. The summed E-state index contributed by atoms with van der Waals surface area (Å²) in [5.41, 5.74) is 4.40. The van der Waals surface area contributed by atoms with Crippen LogP contribution in [0.25, 0.3) is 22.6 Å². The third kappa shape index (κ3) is 3.80. The van der Waals surface area contributed by atoms with Crippen LogP contribution in [-0.4, -0.2) is 20.9 Å². The van der Waals surface area contributed by atoms with Crippen molar-refractivity contribution in [2.45, 2.75) is 6.92 Å². The average Bonchev–Trinajstić information content (AvgIpc) is 3.20. The predicted molar refractivity (Wildman–Crippen MR) is 111 cm³/mol. The maximum atomic E-state index is 12.5. The molecule has 4 rings (SSSR count). The lowest BCUT2D eigenvalue weighted by atomic mass is 10.1. The van der Waals surface area contributed by atoms with E-state index in [1.165, 1.54) is 0 Å². The number of benzene rings is 2. The lowest BCUT2D eigenvalue weighted by Gasteiger charge is -2.08. The number of imidazole rings is 1. The molecule has 0 radical (unpaired) electrons. The number of carbonyl (C=O) groups excluding carboxylic acids is 1. The molecule has 2 aromatic carbocycles. The monoisotopic (exact) mass is 388 g/mol. The smallest absolute Gasteiger partial charge is 0.274 e. The molecule has 0 aliphatic carbocycles. The first kappa shape index (κ1) is 17.9. The molecule has 5 nitrogen and oxygen atoms in total. The zero-order valence-electron chi connectivity index (χ0n) is 15.1. The van der Waals surface area contributed by atoms with Gasteiger partial charge in [0.1, 0.15) is 11.5 Å². The van der Waals surface area contributed by atoms with Crippen LogP contribution in [-0.2, 0) is 0 Å². The quantitative estimate of drug-likeness (QED) is 0.494. The van der Waals surface area contributed by atoms with Crippen LogP contribution in [0.15, 0.2) is 72.9 Å². The minimum absolute atomic E-state index is 0.276. The fourth-order valence-corrected chi connectivity index (χ4v) is 3.08. The first-order valence-corrected chi connectivity index (χ1v) is 9.13. The van der Waals surface area contributed by atoms with Crippen LogP contribution in [0.2, 0.25) is 5.02 Å². The number of H-pyrrole nitrogens is 1. The van der Waals surface area contributed by atoms with Crippen LogP contribution in [0.3, 0.4) is 0 Å². The summed E-state index contributed by atoms with van der Waals surface area (Å²) < 4.78 is 0. The van der Waals surface area contributed by atoms with Crippen molar-refractivity contribution >= 4 is 23.2 Å². The molecule has 1 amide bonds. The molecule has 0 spiro atoms. The normalized spacial score (nSPS) is 10.6. The summed E-state index contributed by atoms with van der Waals surface area (Å²) in [6.45, 7) is 1.85. The second kappa shape index (κ2) is 7.66. The van der Waals surface area contributed by atoms with Gasteiger partial charge in [-0.3, -0.25) is 4.79 Å². The summed E-state index contributed by atoms with van der Waals surface area (Å²) in [5, 5.41) is 3.40. The predicted octanol–water partition coefficient (Wildman–Crippen LogP) is 5.35. The van der Waals surface area contributed by atoms with Gasteiger partial charge in [-0.05, 0) is 42.8 Å². The van der Waals surface area contributed by atoms with Gasteiger partial charge in [-0.2, -0.15) is 0 Å². The van der Waals surface area contributed by atoms with Gasteiger partial charge >= 0.3 is 0 Å². The molecule has 6 heteroatoms. The van der Waals surface area contributed by atoms with Gasteiger partial charge < -0.3 is 10.3 Å². The van der Waals surface area contributed by atoms with Gasteiger partial charge in [0.15, 0.2) is 0 Å². The molecule has 138 valence electrons. The number of carbonyl (C=O) groups is 1. The van der Waals surface area contributed by atoms with Crippen LogP contribution in [0.4, 0.5) is 5.69 Å². The van der Waals surface area contributed by atoms with E-state index in [2.05, 4.69) is 20.3 Å². The van der Waals surface area contributed by atoms with Gasteiger partial charge in [0, 0.05) is 16.9 Å². The highest BCUT2D eigenvalue weighted by molar-refractivity contribution is 6.33. The molecule has 4 aromatic rings. The zero-order chi connectivity index (χ0) is 19.5. The number of amides is 1. The number of hydrogen-bond donors (Lipinski definition) is 2. The first-order chi connectivity index (χ1) is 13.6. The fraction of sp³-hybridized carbons (Fsp3) is 0.0455. The first-order valence-electron chi connectivity index (χ1n) is 8.75. The Morgan fingerprint density at radius 2 is 1.86 bits per heavy atom. The summed E-state index contributed by atoms with van der Waals surface area (Å²) in [6.07, 6.45) is 1.77. The molecule has 0 atom stereocenters. The summed E-state index contributed by atoms with van der Waals surface area (Å²) >= 11 is 6.38. The van der Waals surface area contributed by atoms with Gasteiger partial charge in [0.05, 0.1) is 16.9 Å². The van der Waals surface area contributed by atoms with Crippen molar-refractivity contribution in [2.75, 3.05) is 5.32 Å². The molecule has 0 saturated heterocycles. The molecule has 2 aromatic heterocycles. The molecule has 0 fully saturated rings. The maximum Gasteiger partial charge on any atom is 0.274 e. The lowest BCUT2D eigenvalue weighted by molar-refractivity contribution is 0.102. The van der Waals surface area contributed by atoms with Crippen LogP contribution < -0.4 is 5.32 Å². The van der Waals surface area contributed by atoms with E-state index >= 15 is 0 Å². The summed E-state index contributed by atoms with van der Waals surface area (Å²) in [4.78, 5) is 24.4. The van der Waals surface area contributed by atoms with Crippen LogP contribution in [0, 0.1) is 6.92 Å². The van der Waals surface area contributed by atoms with E-state index < -0.39 is 0 Å². The number of halogens is 1. The van der Waals surface area contributed by atoms with Gasteiger partial charge in [-0.25, -0.2) is 9.97 Å². The topological polar surface area (TPSA) is 70.7 Å². The highest BCUT2D eigenvalue weighted by atomic mass is 35.5. The van der Waals surface area contributed by atoms with Gasteiger partial charge in [-0.1, -0.05) is 48.0 Å². The highest BCUT2D eigenvalue weighted by Gasteiger charge is 2.13. The number of nitrogens with one attached hydrogen (secondary N) is 2. The van der Waals surface area contributed by atoms with Crippen LogP contribution in [0.5, 0.6) is 0 Å². The highest BCUT2D eigenvalue weighted by Crippen LogP contribution is 2.30. The number of pyridine rings is 1. The number of hydrogen-bond acceptors (Lipinski definition) is 3. The molecule has 0 aliphatic rings. The Bertz CT molecular complexity index is 1140. The summed E-state index contributed by atoms with van der Waals surface area (Å²) in [5.74, 6) is 0.357. The van der Waals surface area contributed by atoms with Crippen molar-refractivity contribution in [2.24, 2.45) is 0 Å². The average molecular weight is 389 g/mol. The Balaban J connectivity index is 1.61. The standard InChI is InChI=1S/C22H17ClN4O/c1-14-6-5-9-19(25-14)22(28)26-16-10-11-18(23)17(12-16)21-24-13-20(27-21)15-7-3-2-4-8-15/h2-13H,1H3,(H,24,27)(H,26,28). The molecule has 28 heavy (non-hydrogen) atoms. The van der Waals surface area contributed by atoms with E-state index in [1.807, 2.05) is 43.3 Å². The molecule has 0 unspecified atom stereocenters. The van der Waals surface area contributed by atoms with Crippen molar-refractivity contribution in [3.8, 4) is 22.6 Å². The SMILES string of the molecule is Cc1cccc(C(=O)Nc2ccc(Cl)c(-c3ncc(-c4ccccc4)[nH]3)c2)n1. The zero-order valence-corrected chi connectivity index (χ0v) is 15.9. The van der Waals surface area contributed by atoms with Crippen LogP contribution >= 0.6 is 11.6 Å². The molecule has 0 bridgehead atoms. The third-order valence-electron chi connectivity index (χ3n) is 4.26. The summed E-state index contributed by atoms with van der Waals surface area (Å²) in [6, 6.07) is 20.5. The number of nitrogens with zero attached hydrogens (tertiary/aromatic N) is 2. The van der Waals surface area contributed by atoms with E-state index in [4.69, 9.17) is 11.6 Å². The number of aryl methyl sites for hydroxylation is 1. The van der Waals surface area contributed by atoms with E-state index in [9.17, 15) is 4.79 Å². The van der Waals surface area contributed by atoms with Crippen molar-refractivity contribution < 1.29 is 4.79 Å². The molecule has 2 N–H and O–H groups in total. The molecular weight excluding hydrogens is 372 g/mol. The molecule has 0 aliphatic heterocycles. The Labute approximate surface area is 167 Å². The fourth-order valence-electron chi connectivity index (χ4n) is 2.87. The molecule has 0 saturated carbocycles. The maximum absolute atomic E-state index is 12.5.